The van der Waals surface area contributed by atoms with E-state index in [0.29, 0.717) is 29.6 Å². The van der Waals surface area contributed by atoms with E-state index in [1.54, 1.807) is 0 Å². The lowest BCUT2D eigenvalue weighted by molar-refractivity contribution is -0.146. The number of nitrogens with zero attached hydrogens (tertiary/aromatic N) is 5. The first-order valence-electron chi connectivity index (χ1n) is 13.7. The number of aromatic amines is 1. The van der Waals surface area contributed by atoms with Crippen LogP contribution in [0.4, 0.5) is 0 Å². The van der Waals surface area contributed by atoms with E-state index in [1.807, 2.05) is 54.6 Å². The molecule has 0 aliphatic rings. The Bertz CT molecular complexity index is 1570. The van der Waals surface area contributed by atoms with Gasteiger partial charge in [-0.1, -0.05) is 104 Å². The number of aryl methyl sites for hydroxylation is 1. The third kappa shape index (κ3) is 6.87. The van der Waals surface area contributed by atoms with Crippen molar-refractivity contribution in [2.75, 3.05) is 0 Å². The van der Waals surface area contributed by atoms with E-state index in [2.05, 4.69) is 61.4 Å². The van der Waals surface area contributed by atoms with Crippen LogP contribution in [-0.2, 0) is 35.5 Å². The second-order valence-electron chi connectivity index (χ2n) is 9.84. The number of imidazole rings is 1. The first kappa shape index (κ1) is 28.2. The maximum atomic E-state index is 12.7. The van der Waals surface area contributed by atoms with Gasteiger partial charge >= 0.3 is 5.97 Å². The largest absolute Gasteiger partial charge is 0.458 e. The molecule has 10 heteroatoms. The first-order valence-corrected chi connectivity index (χ1v) is 14.0. The molecular formula is C31H32ClN7O2. The van der Waals surface area contributed by atoms with Crippen molar-refractivity contribution < 1.29 is 9.53 Å². The molecule has 210 valence electrons. The second kappa shape index (κ2) is 13.3. The quantitative estimate of drug-likeness (QED) is 0.193. The van der Waals surface area contributed by atoms with E-state index >= 15 is 0 Å². The zero-order valence-electron chi connectivity index (χ0n) is 22.8. The number of hydrogen-bond donors (Lipinski definition) is 2. The predicted molar refractivity (Wildman–Crippen MR) is 158 cm³/mol. The van der Waals surface area contributed by atoms with Crippen molar-refractivity contribution in [3.05, 3.63) is 107 Å². The first-order chi connectivity index (χ1) is 20.0. The van der Waals surface area contributed by atoms with E-state index in [4.69, 9.17) is 22.1 Å². The lowest BCUT2D eigenvalue weighted by atomic mass is 9.98. The van der Waals surface area contributed by atoms with Crippen LogP contribution < -0.4 is 5.73 Å². The van der Waals surface area contributed by atoms with Gasteiger partial charge < -0.3 is 15.0 Å². The molecule has 0 unspecified atom stereocenters. The number of tetrazole rings is 1. The number of rotatable bonds is 12. The number of carbonyl (C=O) groups excluding carboxylic acids is 1. The third-order valence-electron chi connectivity index (χ3n) is 6.93. The standard InChI is InChI=1S/C31H32ClN7O2/c1-2-3-13-28-34-29(32)27(20-41-31(40)26(33)18-21-9-5-4-6-10-21)39(28)19-22-14-16-23(17-15-22)24-11-7-8-12-25(24)30-35-37-38-36-30/h4-12,14-17,26H,2-3,13,18-20,33H2,1H3,(H,35,36,37,38)/t26-/m0/s1. The van der Waals surface area contributed by atoms with E-state index < -0.39 is 12.0 Å². The highest BCUT2D eigenvalue weighted by Gasteiger charge is 2.21. The van der Waals surface area contributed by atoms with Crippen LogP contribution >= 0.6 is 11.6 Å². The predicted octanol–water partition coefficient (Wildman–Crippen LogP) is 5.39. The fraction of sp³-hybridized carbons (Fsp3) is 0.258. The van der Waals surface area contributed by atoms with Crippen molar-refractivity contribution >= 4 is 17.6 Å². The maximum absolute atomic E-state index is 12.7. The minimum Gasteiger partial charge on any atom is -0.458 e. The number of aromatic nitrogens is 6. The van der Waals surface area contributed by atoms with Gasteiger partial charge in [0.05, 0.1) is 5.69 Å². The van der Waals surface area contributed by atoms with Gasteiger partial charge in [0.2, 0.25) is 5.82 Å². The van der Waals surface area contributed by atoms with Crippen molar-refractivity contribution in [3.63, 3.8) is 0 Å². The topological polar surface area (TPSA) is 125 Å². The van der Waals surface area contributed by atoms with Crippen molar-refractivity contribution in [3.8, 4) is 22.5 Å². The Hall–Kier alpha value is -4.34. The molecule has 5 rings (SSSR count). The monoisotopic (exact) mass is 569 g/mol. The van der Waals surface area contributed by atoms with Crippen LogP contribution in [0, 0.1) is 0 Å². The van der Waals surface area contributed by atoms with Gasteiger partial charge in [0.15, 0.2) is 5.15 Å². The number of nitrogens with two attached hydrogens (primary N) is 1. The van der Waals surface area contributed by atoms with E-state index in [1.165, 1.54) is 0 Å². The SMILES string of the molecule is CCCCc1nc(Cl)c(COC(=O)[C@@H](N)Cc2ccccc2)n1Cc1ccc(-c2ccccc2-c2nn[nH]n2)cc1. The smallest absolute Gasteiger partial charge is 0.323 e. The molecule has 0 spiro atoms. The highest BCUT2D eigenvalue weighted by molar-refractivity contribution is 6.30. The molecule has 0 aliphatic carbocycles. The zero-order valence-corrected chi connectivity index (χ0v) is 23.6. The van der Waals surface area contributed by atoms with Crippen LogP contribution in [0.1, 0.15) is 42.4 Å². The zero-order chi connectivity index (χ0) is 28.6. The molecule has 9 nitrogen and oxygen atoms in total. The summed E-state index contributed by atoms with van der Waals surface area (Å²) in [6, 6.07) is 25.1. The molecule has 0 bridgehead atoms. The fourth-order valence-corrected chi connectivity index (χ4v) is 4.99. The Labute approximate surface area is 243 Å². The molecule has 2 aromatic heterocycles. The van der Waals surface area contributed by atoms with Crippen LogP contribution in [0.2, 0.25) is 5.15 Å². The Morgan fingerprint density at radius 3 is 2.44 bits per heavy atom. The van der Waals surface area contributed by atoms with Crippen LogP contribution in [0.25, 0.3) is 22.5 Å². The molecule has 5 aromatic rings. The number of nitrogens with one attached hydrogen (secondary N) is 1. The molecule has 0 radical (unpaired) electrons. The number of ether oxygens (including phenoxy) is 1. The van der Waals surface area contributed by atoms with E-state index in [9.17, 15) is 4.79 Å². The molecule has 3 N–H and O–H groups in total. The fourth-order valence-electron chi connectivity index (χ4n) is 4.73. The Kier molecular flexibility index (Phi) is 9.18. The van der Waals surface area contributed by atoms with Crippen molar-refractivity contribution in [2.45, 2.75) is 51.8 Å². The van der Waals surface area contributed by atoms with Gasteiger partial charge in [0.25, 0.3) is 0 Å². The number of unbranched alkanes of at least 4 members (excludes halogenated alkanes) is 1. The average Bonchev–Trinajstić information content (AvgIpc) is 3.64. The Balaban J connectivity index is 1.34. The number of hydrogen-bond acceptors (Lipinski definition) is 7. The van der Waals surface area contributed by atoms with Gasteiger partial charge in [0, 0.05) is 18.5 Å². The highest BCUT2D eigenvalue weighted by Crippen LogP contribution is 2.30. The average molecular weight is 570 g/mol. The molecule has 0 saturated carbocycles. The number of halogens is 1. The van der Waals surface area contributed by atoms with Crippen molar-refractivity contribution in [1.82, 2.24) is 30.2 Å². The summed E-state index contributed by atoms with van der Waals surface area (Å²) in [5, 5.41) is 14.8. The summed E-state index contributed by atoms with van der Waals surface area (Å²) < 4.78 is 7.69. The van der Waals surface area contributed by atoms with Crippen LogP contribution in [0.15, 0.2) is 78.9 Å². The number of esters is 1. The molecule has 0 fully saturated rings. The summed E-state index contributed by atoms with van der Waals surface area (Å²) >= 11 is 6.59. The normalized spacial score (nSPS) is 11.9. The Morgan fingerprint density at radius 2 is 1.73 bits per heavy atom. The van der Waals surface area contributed by atoms with Gasteiger partial charge in [-0.05, 0) is 40.3 Å². The molecule has 3 aromatic carbocycles. The molecule has 0 amide bonds. The summed E-state index contributed by atoms with van der Waals surface area (Å²) in [5.74, 6) is 0.932. The highest BCUT2D eigenvalue weighted by atomic mass is 35.5. The van der Waals surface area contributed by atoms with Gasteiger partial charge in [-0.15, -0.1) is 10.2 Å². The van der Waals surface area contributed by atoms with E-state index in [0.717, 1.165) is 52.9 Å². The summed E-state index contributed by atoms with van der Waals surface area (Å²) in [7, 11) is 0. The van der Waals surface area contributed by atoms with Gasteiger partial charge in [-0.3, -0.25) is 4.79 Å². The minimum absolute atomic E-state index is 0.00452. The molecular weight excluding hydrogens is 538 g/mol. The van der Waals surface area contributed by atoms with Crippen molar-refractivity contribution in [2.24, 2.45) is 5.73 Å². The lowest BCUT2D eigenvalue weighted by Gasteiger charge is -2.15. The number of carbonyl (C=O) groups is 1. The van der Waals surface area contributed by atoms with Crippen molar-refractivity contribution in [1.29, 1.82) is 0 Å². The second-order valence-corrected chi connectivity index (χ2v) is 10.2. The summed E-state index contributed by atoms with van der Waals surface area (Å²) in [6.45, 7) is 2.67. The molecule has 0 aliphatic heterocycles. The number of H-pyrrole nitrogens is 1. The molecule has 2 heterocycles. The third-order valence-corrected chi connectivity index (χ3v) is 7.23. The maximum Gasteiger partial charge on any atom is 0.323 e. The van der Waals surface area contributed by atoms with Crippen LogP contribution in [0.5, 0.6) is 0 Å². The summed E-state index contributed by atoms with van der Waals surface area (Å²) in [6.07, 6.45) is 3.17. The van der Waals surface area contributed by atoms with E-state index in [-0.39, 0.29) is 6.61 Å². The van der Waals surface area contributed by atoms with Crippen LogP contribution in [-0.4, -0.2) is 42.2 Å². The van der Waals surface area contributed by atoms with Gasteiger partial charge in [-0.25, -0.2) is 4.98 Å². The van der Waals surface area contributed by atoms with Crippen LogP contribution in [0.3, 0.4) is 0 Å². The summed E-state index contributed by atoms with van der Waals surface area (Å²) in [4.78, 5) is 17.4. The van der Waals surface area contributed by atoms with Gasteiger partial charge in [0.1, 0.15) is 18.5 Å². The molecule has 0 saturated heterocycles. The number of benzene rings is 3. The Morgan fingerprint density at radius 1 is 1.00 bits per heavy atom. The summed E-state index contributed by atoms with van der Waals surface area (Å²) in [5.41, 5.74) is 11.8. The van der Waals surface area contributed by atoms with Gasteiger partial charge in [-0.2, -0.15) is 5.21 Å². The molecule has 41 heavy (non-hydrogen) atoms. The minimum atomic E-state index is -0.769. The molecule has 1 atom stereocenters. The lowest BCUT2D eigenvalue weighted by Crippen LogP contribution is -2.34.